The highest BCUT2D eigenvalue weighted by molar-refractivity contribution is 6.67. The minimum atomic E-state index is -1.81. The Balaban J connectivity index is 3.76. The molecule has 0 heterocycles. The summed E-state index contributed by atoms with van der Waals surface area (Å²) in [6.45, 7) is 2.89. The molecule has 0 aromatic rings. The average molecular weight is 191 g/mol. The lowest BCUT2D eigenvalue weighted by Crippen LogP contribution is -2.39. The van der Waals surface area contributed by atoms with Gasteiger partial charge in [0.05, 0.1) is 0 Å². The maximum atomic E-state index is 5.46. The SMILES string of the molecule is CC[Si](CCCCN)(OC)OC. The molecule has 0 atom stereocenters. The van der Waals surface area contributed by atoms with Gasteiger partial charge >= 0.3 is 8.56 Å². The van der Waals surface area contributed by atoms with Gasteiger partial charge in [0.1, 0.15) is 0 Å². The molecule has 0 aliphatic carbocycles. The molecule has 3 nitrogen and oxygen atoms in total. The summed E-state index contributed by atoms with van der Waals surface area (Å²) in [4.78, 5) is 0. The lowest BCUT2D eigenvalue weighted by molar-refractivity contribution is 0.241. The molecule has 0 bridgehead atoms. The van der Waals surface area contributed by atoms with Gasteiger partial charge in [-0.2, -0.15) is 0 Å². The Labute approximate surface area is 76.5 Å². The van der Waals surface area contributed by atoms with E-state index in [9.17, 15) is 0 Å². The van der Waals surface area contributed by atoms with Crippen molar-refractivity contribution < 1.29 is 8.85 Å². The number of nitrogens with two attached hydrogens (primary N) is 1. The molecule has 0 aromatic heterocycles. The van der Waals surface area contributed by atoms with Crippen LogP contribution in [0.5, 0.6) is 0 Å². The Morgan fingerprint density at radius 1 is 1.17 bits per heavy atom. The van der Waals surface area contributed by atoms with Crippen molar-refractivity contribution in [1.29, 1.82) is 0 Å². The van der Waals surface area contributed by atoms with Gasteiger partial charge in [0.2, 0.25) is 0 Å². The molecule has 74 valence electrons. The van der Waals surface area contributed by atoms with Crippen LogP contribution in [0.15, 0.2) is 0 Å². The van der Waals surface area contributed by atoms with Gasteiger partial charge < -0.3 is 14.6 Å². The maximum absolute atomic E-state index is 5.46. The van der Waals surface area contributed by atoms with Crippen molar-refractivity contribution in [2.24, 2.45) is 5.73 Å². The highest BCUT2D eigenvalue weighted by Crippen LogP contribution is 2.19. The van der Waals surface area contributed by atoms with E-state index >= 15 is 0 Å². The summed E-state index contributed by atoms with van der Waals surface area (Å²) in [5.74, 6) is 0. The van der Waals surface area contributed by atoms with Crippen LogP contribution in [0.25, 0.3) is 0 Å². The van der Waals surface area contributed by atoms with Crippen LogP contribution in [-0.2, 0) is 8.85 Å². The molecule has 0 aromatic carbocycles. The van der Waals surface area contributed by atoms with Crippen molar-refractivity contribution in [2.75, 3.05) is 20.8 Å². The second-order valence-electron chi connectivity index (χ2n) is 2.92. The molecular weight excluding hydrogens is 170 g/mol. The van der Waals surface area contributed by atoms with Crippen molar-refractivity contribution in [3.63, 3.8) is 0 Å². The Hall–Kier alpha value is 0.0969. The molecule has 0 spiro atoms. The average Bonchev–Trinajstić information content (AvgIpc) is 2.14. The molecule has 0 aliphatic heterocycles. The zero-order valence-corrected chi connectivity index (χ0v) is 9.43. The number of hydrogen-bond donors (Lipinski definition) is 1. The van der Waals surface area contributed by atoms with Gasteiger partial charge in [0.15, 0.2) is 0 Å². The summed E-state index contributed by atoms with van der Waals surface area (Å²) in [6, 6.07) is 2.08. The van der Waals surface area contributed by atoms with Crippen molar-refractivity contribution in [3.05, 3.63) is 0 Å². The lowest BCUT2D eigenvalue weighted by Gasteiger charge is -2.25. The predicted octanol–water partition coefficient (Wildman–Crippen LogP) is 1.48. The molecule has 0 saturated carbocycles. The number of rotatable bonds is 7. The molecule has 0 fully saturated rings. The molecule has 0 radical (unpaired) electrons. The van der Waals surface area contributed by atoms with Crippen LogP contribution in [0.2, 0.25) is 12.1 Å². The summed E-state index contributed by atoms with van der Waals surface area (Å²) in [5.41, 5.74) is 5.42. The van der Waals surface area contributed by atoms with Gasteiger partial charge in [-0.25, -0.2) is 0 Å². The van der Waals surface area contributed by atoms with Crippen LogP contribution in [0.4, 0.5) is 0 Å². The monoisotopic (exact) mass is 191 g/mol. The summed E-state index contributed by atoms with van der Waals surface area (Å²) in [7, 11) is 1.69. The van der Waals surface area contributed by atoms with Gasteiger partial charge in [0.25, 0.3) is 0 Å². The smallest absolute Gasteiger partial charge is 0.337 e. The first-order chi connectivity index (χ1) is 5.74. The normalized spacial score (nSPS) is 12.0. The summed E-state index contributed by atoms with van der Waals surface area (Å²) >= 11 is 0. The predicted molar refractivity (Wildman–Crippen MR) is 53.3 cm³/mol. The molecule has 0 amide bonds. The largest absolute Gasteiger partial charge is 0.398 e. The molecule has 0 aliphatic rings. The number of hydrogen-bond acceptors (Lipinski definition) is 3. The molecule has 0 saturated heterocycles. The topological polar surface area (TPSA) is 44.5 Å². The first-order valence-corrected chi connectivity index (χ1v) is 6.78. The van der Waals surface area contributed by atoms with E-state index in [2.05, 4.69) is 6.92 Å². The first-order valence-electron chi connectivity index (χ1n) is 4.55. The van der Waals surface area contributed by atoms with E-state index in [1.165, 1.54) is 0 Å². The fourth-order valence-corrected chi connectivity index (χ4v) is 3.59. The van der Waals surface area contributed by atoms with E-state index < -0.39 is 8.56 Å². The van der Waals surface area contributed by atoms with Crippen LogP contribution in [-0.4, -0.2) is 29.3 Å². The van der Waals surface area contributed by atoms with Gasteiger partial charge in [0, 0.05) is 14.2 Å². The lowest BCUT2D eigenvalue weighted by atomic mass is 10.3. The zero-order chi connectivity index (χ0) is 9.45. The minimum Gasteiger partial charge on any atom is -0.398 e. The van der Waals surface area contributed by atoms with E-state index in [1.807, 2.05) is 0 Å². The quantitative estimate of drug-likeness (QED) is 0.490. The second kappa shape index (κ2) is 6.60. The Morgan fingerprint density at radius 3 is 2.08 bits per heavy atom. The van der Waals surface area contributed by atoms with Gasteiger partial charge in [-0.15, -0.1) is 0 Å². The third kappa shape index (κ3) is 3.67. The summed E-state index contributed by atoms with van der Waals surface area (Å²) < 4.78 is 10.9. The first kappa shape index (κ1) is 12.1. The van der Waals surface area contributed by atoms with Crippen molar-refractivity contribution in [1.82, 2.24) is 0 Å². The fourth-order valence-electron chi connectivity index (χ4n) is 1.29. The summed E-state index contributed by atoms with van der Waals surface area (Å²) in [6.07, 6.45) is 2.19. The van der Waals surface area contributed by atoms with Crippen LogP contribution >= 0.6 is 0 Å². The second-order valence-corrected chi connectivity index (χ2v) is 6.76. The maximum Gasteiger partial charge on any atom is 0.337 e. The van der Waals surface area contributed by atoms with Gasteiger partial charge in [-0.3, -0.25) is 0 Å². The molecule has 0 unspecified atom stereocenters. The third-order valence-corrected chi connectivity index (χ3v) is 5.98. The molecule has 4 heteroatoms. The zero-order valence-electron chi connectivity index (χ0n) is 8.43. The van der Waals surface area contributed by atoms with Gasteiger partial charge in [-0.05, 0) is 25.1 Å². The van der Waals surface area contributed by atoms with E-state index in [0.29, 0.717) is 0 Å². The number of unbranched alkanes of at least 4 members (excludes halogenated alkanes) is 1. The van der Waals surface area contributed by atoms with Crippen LogP contribution < -0.4 is 5.73 Å². The van der Waals surface area contributed by atoms with Crippen molar-refractivity contribution in [3.8, 4) is 0 Å². The van der Waals surface area contributed by atoms with Crippen LogP contribution in [0.1, 0.15) is 19.8 Å². The van der Waals surface area contributed by atoms with Crippen LogP contribution in [0, 0.1) is 0 Å². The fraction of sp³-hybridized carbons (Fsp3) is 1.00. The standard InChI is InChI=1S/C8H21NO2Si/c1-4-12(10-2,11-3)8-6-5-7-9/h4-9H2,1-3H3. The molecule has 12 heavy (non-hydrogen) atoms. The van der Waals surface area contributed by atoms with E-state index in [4.69, 9.17) is 14.6 Å². The van der Waals surface area contributed by atoms with E-state index in [0.717, 1.165) is 31.5 Å². The third-order valence-electron chi connectivity index (χ3n) is 2.29. The van der Waals surface area contributed by atoms with Crippen molar-refractivity contribution in [2.45, 2.75) is 31.9 Å². The minimum absolute atomic E-state index is 0.765. The van der Waals surface area contributed by atoms with Crippen molar-refractivity contribution >= 4 is 8.56 Å². The molecule has 2 N–H and O–H groups in total. The summed E-state index contributed by atoms with van der Waals surface area (Å²) in [5, 5.41) is 0. The highest BCUT2D eigenvalue weighted by atomic mass is 28.4. The molecule has 0 rings (SSSR count). The van der Waals surface area contributed by atoms with E-state index in [1.54, 1.807) is 14.2 Å². The van der Waals surface area contributed by atoms with Crippen LogP contribution in [0.3, 0.4) is 0 Å². The Morgan fingerprint density at radius 2 is 1.75 bits per heavy atom. The Kier molecular flexibility index (Phi) is 6.65. The highest BCUT2D eigenvalue weighted by Gasteiger charge is 2.31. The van der Waals surface area contributed by atoms with Gasteiger partial charge in [-0.1, -0.05) is 13.3 Å². The molecular formula is C8H21NO2Si. The van der Waals surface area contributed by atoms with E-state index in [-0.39, 0.29) is 0 Å². The Bertz CT molecular complexity index is 99.0.